The maximum atomic E-state index is 11.8. The van der Waals surface area contributed by atoms with E-state index in [0.717, 1.165) is 27.4 Å². The van der Waals surface area contributed by atoms with Crippen LogP contribution in [0.15, 0.2) is 18.2 Å². The van der Waals surface area contributed by atoms with E-state index in [-0.39, 0.29) is 11.8 Å². The van der Waals surface area contributed by atoms with Gasteiger partial charge < -0.3 is 4.57 Å². The summed E-state index contributed by atoms with van der Waals surface area (Å²) in [6.45, 7) is 3.81. The third-order valence-electron chi connectivity index (χ3n) is 3.35. The van der Waals surface area contributed by atoms with Crippen molar-refractivity contribution in [3.63, 3.8) is 0 Å². The number of carbonyl (C=O) groups excluding carboxylic acids is 1. The van der Waals surface area contributed by atoms with Crippen LogP contribution in [-0.2, 0) is 11.8 Å². The summed E-state index contributed by atoms with van der Waals surface area (Å²) in [6.07, 6.45) is 0. The summed E-state index contributed by atoms with van der Waals surface area (Å²) >= 11 is 0. The number of likely N-dealkylation sites (N-methyl/N-ethyl adjacent to an activating group) is 1. The first-order valence-electron chi connectivity index (χ1n) is 5.87. The van der Waals surface area contributed by atoms with Crippen molar-refractivity contribution in [1.82, 2.24) is 14.6 Å². The molecule has 2 rings (SSSR count). The Morgan fingerprint density at radius 3 is 2.78 bits per heavy atom. The van der Waals surface area contributed by atoms with Gasteiger partial charge in [-0.3, -0.25) is 9.80 Å². The summed E-state index contributed by atoms with van der Waals surface area (Å²) in [5, 5.41) is 1.12. The first kappa shape index (κ1) is 12.6. The Bertz CT molecular complexity index is 600. The largest absolute Gasteiger partial charge is 0.331 e. The number of benzene rings is 1. The molecule has 1 aromatic carbocycles. The average Bonchev–Trinajstić information content (AvgIpc) is 2.62. The van der Waals surface area contributed by atoms with Crippen molar-refractivity contribution in [2.24, 2.45) is 12.9 Å². The number of hydrazine groups is 1. The fourth-order valence-corrected chi connectivity index (χ4v) is 2.05. The van der Waals surface area contributed by atoms with E-state index in [4.69, 9.17) is 5.84 Å². The minimum Gasteiger partial charge on any atom is -0.331 e. The molecule has 0 radical (unpaired) electrons. The molecule has 0 aliphatic rings. The SMILES string of the molecule is Cc1nc2cc(C(C)C(=O)N(C)N)ccc2n1C. The van der Waals surface area contributed by atoms with Crippen LogP contribution in [0.1, 0.15) is 24.2 Å². The quantitative estimate of drug-likeness (QED) is 0.494. The highest BCUT2D eigenvalue weighted by molar-refractivity contribution is 5.85. The van der Waals surface area contributed by atoms with E-state index in [0.29, 0.717) is 0 Å². The Labute approximate surface area is 106 Å². The Hall–Kier alpha value is -1.88. The van der Waals surface area contributed by atoms with Gasteiger partial charge in [-0.2, -0.15) is 0 Å². The van der Waals surface area contributed by atoms with E-state index in [1.165, 1.54) is 0 Å². The molecule has 2 N–H and O–H groups in total. The number of aromatic nitrogens is 2. The van der Waals surface area contributed by atoms with Crippen LogP contribution < -0.4 is 5.84 Å². The molecule has 0 saturated carbocycles. The molecule has 0 fully saturated rings. The fourth-order valence-electron chi connectivity index (χ4n) is 2.05. The van der Waals surface area contributed by atoms with Crippen LogP contribution in [0, 0.1) is 6.92 Å². The van der Waals surface area contributed by atoms with Gasteiger partial charge in [0.2, 0.25) is 5.91 Å². The molecule has 1 unspecified atom stereocenters. The molecule has 2 aromatic rings. The summed E-state index contributed by atoms with van der Waals surface area (Å²) in [5.41, 5.74) is 2.91. The average molecular weight is 246 g/mol. The predicted octanol–water partition coefficient (Wildman–Crippen LogP) is 1.32. The summed E-state index contributed by atoms with van der Waals surface area (Å²) in [7, 11) is 3.54. The molecule has 1 atom stereocenters. The van der Waals surface area contributed by atoms with Crippen LogP contribution in [0.4, 0.5) is 0 Å². The standard InChI is InChI=1S/C13H18N4O/c1-8(13(18)17(4)14)10-5-6-12-11(7-10)15-9(2)16(12)3/h5-8H,14H2,1-4H3. The molecule has 96 valence electrons. The molecule has 0 saturated heterocycles. The van der Waals surface area contributed by atoms with Gasteiger partial charge in [0.15, 0.2) is 0 Å². The summed E-state index contributed by atoms with van der Waals surface area (Å²) in [6, 6.07) is 5.90. The highest BCUT2D eigenvalue weighted by atomic mass is 16.2. The van der Waals surface area contributed by atoms with Crippen molar-refractivity contribution in [2.45, 2.75) is 19.8 Å². The van der Waals surface area contributed by atoms with Crippen LogP contribution in [0.3, 0.4) is 0 Å². The van der Waals surface area contributed by atoms with E-state index in [1.807, 2.05) is 43.7 Å². The zero-order valence-electron chi connectivity index (χ0n) is 11.1. The van der Waals surface area contributed by atoms with Gasteiger partial charge in [0, 0.05) is 14.1 Å². The van der Waals surface area contributed by atoms with Crippen molar-refractivity contribution < 1.29 is 4.79 Å². The maximum Gasteiger partial charge on any atom is 0.243 e. The number of hydrogen-bond donors (Lipinski definition) is 1. The minimum absolute atomic E-state index is 0.109. The van der Waals surface area contributed by atoms with Gasteiger partial charge in [0.1, 0.15) is 5.82 Å². The molecule has 0 spiro atoms. The van der Waals surface area contributed by atoms with Crippen molar-refractivity contribution in [1.29, 1.82) is 0 Å². The molecule has 18 heavy (non-hydrogen) atoms. The smallest absolute Gasteiger partial charge is 0.243 e. The normalized spacial score (nSPS) is 12.7. The molecule has 5 heteroatoms. The fraction of sp³-hybridized carbons (Fsp3) is 0.385. The second-order valence-electron chi connectivity index (χ2n) is 4.64. The lowest BCUT2D eigenvalue weighted by atomic mass is 10.00. The second-order valence-corrected chi connectivity index (χ2v) is 4.64. The van der Waals surface area contributed by atoms with Crippen LogP contribution in [0.2, 0.25) is 0 Å². The van der Waals surface area contributed by atoms with Gasteiger partial charge in [0.25, 0.3) is 0 Å². The summed E-state index contributed by atoms with van der Waals surface area (Å²) in [5.74, 6) is 6.07. The molecular formula is C13H18N4O. The van der Waals surface area contributed by atoms with Crippen LogP contribution >= 0.6 is 0 Å². The van der Waals surface area contributed by atoms with Crippen molar-refractivity contribution in [2.75, 3.05) is 7.05 Å². The monoisotopic (exact) mass is 246 g/mol. The number of aryl methyl sites for hydroxylation is 2. The lowest BCUT2D eigenvalue weighted by Gasteiger charge is -2.16. The first-order valence-corrected chi connectivity index (χ1v) is 5.87. The Balaban J connectivity index is 2.44. The first-order chi connectivity index (χ1) is 8.41. The van der Waals surface area contributed by atoms with E-state index in [2.05, 4.69) is 4.98 Å². The van der Waals surface area contributed by atoms with Crippen molar-refractivity contribution >= 4 is 16.9 Å². The lowest BCUT2D eigenvalue weighted by Crippen LogP contribution is -2.36. The highest BCUT2D eigenvalue weighted by Gasteiger charge is 2.18. The minimum atomic E-state index is -0.258. The van der Waals surface area contributed by atoms with Gasteiger partial charge in [-0.05, 0) is 31.5 Å². The zero-order chi connectivity index (χ0) is 13.4. The Morgan fingerprint density at radius 2 is 2.17 bits per heavy atom. The molecular weight excluding hydrogens is 228 g/mol. The van der Waals surface area contributed by atoms with Gasteiger partial charge in [0.05, 0.1) is 17.0 Å². The van der Waals surface area contributed by atoms with E-state index < -0.39 is 0 Å². The molecule has 1 heterocycles. The number of rotatable bonds is 2. The molecule has 5 nitrogen and oxygen atoms in total. The third kappa shape index (κ3) is 1.97. The van der Waals surface area contributed by atoms with E-state index >= 15 is 0 Å². The molecule has 1 aromatic heterocycles. The van der Waals surface area contributed by atoms with Gasteiger partial charge in [-0.15, -0.1) is 0 Å². The van der Waals surface area contributed by atoms with Crippen molar-refractivity contribution in [3.05, 3.63) is 29.6 Å². The van der Waals surface area contributed by atoms with Gasteiger partial charge >= 0.3 is 0 Å². The van der Waals surface area contributed by atoms with Crippen molar-refractivity contribution in [3.8, 4) is 0 Å². The summed E-state index contributed by atoms with van der Waals surface area (Å²) < 4.78 is 2.03. The number of fused-ring (bicyclic) bond motifs is 1. The molecule has 1 amide bonds. The number of nitrogens with zero attached hydrogens (tertiary/aromatic N) is 3. The Kier molecular flexibility index (Phi) is 3.09. The molecule has 0 aliphatic carbocycles. The second kappa shape index (κ2) is 4.42. The van der Waals surface area contributed by atoms with Crippen LogP contribution in [0.5, 0.6) is 0 Å². The zero-order valence-corrected chi connectivity index (χ0v) is 11.1. The molecule has 0 aliphatic heterocycles. The number of amides is 1. The predicted molar refractivity (Wildman–Crippen MR) is 70.8 cm³/mol. The van der Waals surface area contributed by atoms with Crippen LogP contribution in [-0.4, -0.2) is 27.5 Å². The van der Waals surface area contributed by atoms with Crippen LogP contribution in [0.25, 0.3) is 11.0 Å². The number of imidazole rings is 1. The number of nitrogens with two attached hydrogens (primary N) is 1. The summed E-state index contributed by atoms with van der Waals surface area (Å²) in [4.78, 5) is 16.3. The van der Waals surface area contributed by atoms with E-state index in [1.54, 1.807) is 7.05 Å². The van der Waals surface area contributed by atoms with Gasteiger partial charge in [-0.1, -0.05) is 6.07 Å². The topological polar surface area (TPSA) is 64.2 Å². The highest BCUT2D eigenvalue weighted by Crippen LogP contribution is 2.22. The van der Waals surface area contributed by atoms with Gasteiger partial charge in [-0.25, -0.2) is 10.8 Å². The maximum absolute atomic E-state index is 11.8. The number of carbonyl (C=O) groups is 1. The lowest BCUT2D eigenvalue weighted by molar-refractivity contribution is -0.131. The van der Waals surface area contributed by atoms with E-state index in [9.17, 15) is 4.79 Å². The molecule has 0 bridgehead atoms. The Morgan fingerprint density at radius 1 is 1.50 bits per heavy atom. The third-order valence-corrected chi connectivity index (χ3v) is 3.35. The number of hydrogen-bond acceptors (Lipinski definition) is 3.